The summed E-state index contributed by atoms with van der Waals surface area (Å²) in [5, 5.41) is 2.43. The Labute approximate surface area is 200 Å². The first-order chi connectivity index (χ1) is 15.7. The maximum absolute atomic E-state index is 13.6. The van der Waals surface area contributed by atoms with Crippen LogP contribution >= 0.6 is 23.1 Å². The summed E-state index contributed by atoms with van der Waals surface area (Å²) >= 11 is 9.53. The zero-order valence-electron chi connectivity index (χ0n) is 17.4. The molecule has 1 aliphatic carbocycles. The van der Waals surface area contributed by atoms with Crippen molar-refractivity contribution < 1.29 is 9.36 Å². The van der Waals surface area contributed by atoms with E-state index in [0.717, 1.165) is 66.0 Å². The number of nitrogens with zero attached hydrogens (tertiary/aromatic N) is 2. The van der Waals surface area contributed by atoms with Crippen molar-refractivity contribution in [1.29, 1.82) is 0 Å². The average Bonchev–Trinajstić information content (AvgIpc) is 3.39. The van der Waals surface area contributed by atoms with Crippen molar-refractivity contribution in [2.75, 3.05) is 11.4 Å². The fourth-order valence-electron chi connectivity index (χ4n) is 5.41. The Kier molecular flexibility index (Phi) is 4.20. The van der Waals surface area contributed by atoms with Crippen LogP contribution in [0.3, 0.4) is 0 Å². The minimum atomic E-state index is 0.164. The topological polar surface area (TPSA) is 24.2 Å². The molecule has 3 aromatic rings. The van der Waals surface area contributed by atoms with Crippen LogP contribution in [0, 0.1) is 0 Å². The molecule has 7 rings (SSSR count). The molecule has 1 aromatic heterocycles. The molecule has 32 heavy (non-hydrogen) atoms. The van der Waals surface area contributed by atoms with Gasteiger partial charge < -0.3 is 17.5 Å². The molecule has 4 aliphatic rings. The van der Waals surface area contributed by atoms with Crippen LogP contribution < -0.4 is 9.47 Å². The van der Waals surface area contributed by atoms with Gasteiger partial charge in [0.2, 0.25) is 5.52 Å². The van der Waals surface area contributed by atoms with Gasteiger partial charge in [-0.05, 0) is 43.0 Å². The Morgan fingerprint density at radius 2 is 1.75 bits per heavy atom. The number of Topliss-reactive ketones (excluding diaryl/α,β-unsaturated/α-hetero) is 1. The molecule has 0 saturated carbocycles. The Morgan fingerprint density at radius 1 is 0.938 bits per heavy atom. The predicted octanol–water partition coefficient (Wildman–Crippen LogP) is 5.74. The van der Waals surface area contributed by atoms with E-state index >= 15 is 0 Å². The van der Waals surface area contributed by atoms with Gasteiger partial charge in [-0.1, -0.05) is 47.4 Å². The number of benzene rings is 2. The standard InChI is InChI=1S/C26H20N2OS3/c29-23-21(15-7-5-13-27-17-9-1-3-11-19(17)31-25(15)27)24(30)22(23)16-8-6-14-28-18-10-2-4-12-20(18)32-26(16)28/h1-4,9-12H,5-8,13-14H2. The Morgan fingerprint density at radius 3 is 2.66 bits per heavy atom. The van der Waals surface area contributed by atoms with E-state index in [2.05, 4.69) is 58.0 Å². The van der Waals surface area contributed by atoms with Crippen LogP contribution in [0.25, 0.3) is 15.8 Å². The van der Waals surface area contributed by atoms with E-state index in [-0.39, 0.29) is 5.78 Å². The second-order valence-corrected chi connectivity index (χ2v) is 11.1. The van der Waals surface area contributed by atoms with Crippen LogP contribution in [0.2, 0.25) is 0 Å². The number of anilines is 1. The van der Waals surface area contributed by atoms with Gasteiger partial charge in [0.25, 0.3) is 5.01 Å². The molecule has 0 saturated heterocycles. The zero-order valence-corrected chi connectivity index (χ0v) is 19.8. The molecule has 0 fully saturated rings. The van der Waals surface area contributed by atoms with E-state index in [1.165, 1.54) is 30.8 Å². The van der Waals surface area contributed by atoms with Gasteiger partial charge in [-0.3, -0.25) is 4.79 Å². The fourth-order valence-corrected chi connectivity index (χ4v) is 8.37. The summed E-state index contributed by atoms with van der Waals surface area (Å²) in [5.74, 6) is 0.164. The molecule has 6 heteroatoms. The first kappa shape index (κ1) is 19.1. The number of carbonyl (C=O) groups is 1. The first-order valence-corrected chi connectivity index (χ1v) is 13.2. The third-order valence-corrected chi connectivity index (χ3v) is 9.72. The van der Waals surface area contributed by atoms with Crippen LogP contribution in [0.15, 0.2) is 80.1 Å². The molecular formula is C26H20N2OS3. The summed E-state index contributed by atoms with van der Waals surface area (Å²) in [7, 11) is 0. The minimum absolute atomic E-state index is 0.164. The number of fused-ring (bicyclic) bond motifs is 6. The molecule has 158 valence electrons. The van der Waals surface area contributed by atoms with Crippen LogP contribution in [0.1, 0.15) is 30.7 Å². The Hall–Kier alpha value is -2.41. The number of ketones is 1. The van der Waals surface area contributed by atoms with Gasteiger partial charge in [0.15, 0.2) is 12.3 Å². The highest BCUT2D eigenvalue weighted by molar-refractivity contribution is 8.03. The van der Waals surface area contributed by atoms with E-state index in [4.69, 9.17) is 12.6 Å². The molecule has 3 aliphatic heterocycles. The number of carbonyl (C=O) groups excluding carboxylic acids is 1. The number of thiazole rings is 1. The van der Waals surface area contributed by atoms with E-state index < -0.39 is 0 Å². The van der Waals surface area contributed by atoms with Crippen molar-refractivity contribution in [2.24, 2.45) is 0 Å². The summed E-state index contributed by atoms with van der Waals surface area (Å²) in [4.78, 5) is 18.1. The average molecular weight is 473 g/mol. The largest absolute Gasteiger partial charge is 0.778 e. The number of hydrogen-bond donors (Lipinski definition) is 0. The van der Waals surface area contributed by atoms with Gasteiger partial charge in [0, 0.05) is 40.6 Å². The number of aryl methyl sites for hydroxylation is 1. The lowest BCUT2D eigenvalue weighted by atomic mass is 9.79. The van der Waals surface area contributed by atoms with Crippen molar-refractivity contribution >= 4 is 63.0 Å². The van der Waals surface area contributed by atoms with Gasteiger partial charge in [0.05, 0.1) is 10.7 Å². The Bertz CT molecular complexity index is 1440. The molecule has 0 N–H and O–H groups in total. The Balaban J connectivity index is 1.37. The van der Waals surface area contributed by atoms with Crippen LogP contribution in [-0.2, 0) is 24.0 Å². The summed E-state index contributed by atoms with van der Waals surface area (Å²) < 4.78 is 3.66. The second-order valence-electron chi connectivity index (χ2n) is 8.63. The highest BCUT2D eigenvalue weighted by atomic mass is 32.2. The third kappa shape index (κ3) is 2.54. The normalized spacial score (nSPS) is 22.2. The summed E-state index contributed by atoms with van der Waals surface area (Å²) in [6, 6.07) is 17.1. The predicted molar refractivity (Wildman–Crippen MR) is 133 cm³/mol. The summed E-state index contributed by atoms with van der Waals surface area (Å²) in [6.07, 6.45) is 3.96. The highest BCUT2D eigenvalue weighted by Gasteiger charge is 2.40. The minimum Gasteiger partial charge on any atom is -0.778 e. The number of aromatic nitrogens is 1. The van der Waals surface area contributed by atoms with Crippen molar-refractivity contribution in [2.45, 2.75) is 37.1 Å². The number of allylic oxidation sites excluding steroid dienone is 4. The van der Waals surface area contributed by atoms with Gasteiger partial charge >= 0.3 is 0 Å². The van der Waals surface area contributed by atoms with E-state index in [1.54, 1.807) is 23.1 Å². The van der Waals surface area contributed by atoms with Crippen LogP contribution in [-0.4, -0.2) is 12.3 Å². The van der Waals surface area contributed by atoms with Crippen LogP contribution in [0.5, 0.6) is 0 Å². The van der Waals surface area contributed by atoms with Crippen molar-refractivity contribution in [1.82, 2.24) is 0 Å². The van der Waals surface area contributed by atoms with Crippen molar-refractivity contribution in [3.63, 3.8) is 0 Å². The molecule has 0 spiro atoms. The maximum atomic E-state index is 13.6. The third-order valence-electron chi connectivity index (χ3n) is 6.86. The van der Waals surface area contributed by atoms with Gasteiger partial charge in [-0.25, -0.2) is 0 Å². The molecular weight excluding hydrogens is 453 g/mol. The van der Waals surface area contributed by atoms with Gasteiger partial charge in [0.1, 0.15) is 4.70 Å². The van der Waals surface area contributed by atoms with Crippen molar-refractivity contribution in [3.05, 3.63) is 80.2 Å². The van der Waals surface area contributed by atoms with E-state index in [0.29, 0.717) is 0 Å². The molecule has 0 bridgehead atoms. The molecule has 0 radical (unpaired) electrons. The van der Waals surface area contributed by atoms with Crippen LogP contribution in [0.4, 0.5) is 5.69 Å². The maximum Gasteiger partial charge on any atom is 0.266 e. The number of hydrogen-bond acceptors (Lipinski definition) is 5. The number of para-hydroxylation sites is 2. The second kappa shape index (κ2) is 7.04. The van der Waals surface area contributed by atoms with Gasteiger partial charge in [-0.2, -0.15) is 9.47 Å². The summed E-state index contributed by atoms with van der Waals surface area (Å²) in [6.45, 7) is 2.01. The fraction of sp³-hybridized carbons (Fsp3) is 0.231. The smallest absolute Gasteiger partial charge is 0.266 e. The molecule has 2 aromatic carbocycles. The first-order valence-electron chi connectivity index (χ1n) is 11.1. The lowest BCUT2D eigenvalue weighted by Gasteiger charge is -2.38. The van der Waals surface area contributed by atoms with Crippen molar-refractivity contribution in [3.8, 4) is 0 Å². The molecule has 0 unspecified atom stereocenters. The lowest BCUT2D eigenvalue weighted by molar-refractivity contribution is -0.672. The molecule has 4 heterocycles. The quantitative estimate of drug-likeness (QED) is 0.256. The van der Waals surface area contributed by atoms with E-state index in [9.17, 15) is 4.79 Å². The van der Waals surface area contributed by atoms with E-state index in [1.807, 2.05) is 0 Å². The molecule has 3 nitrogen and oxygen atoms in total. The molecule has 0 atom stereocenters. The SMILES string of the molecule is O=C1C(C2=C3Sc4ccccc4N3CCC2)=C([S-])/C1=C1/CCC[n+]2c1sc1ccccc12. The number of thioether (sulfide) groups is 1. The lowest BCUT2D eigenvalue weighted by Crippen LogP contribution is -2.40. The van der Waals surface area contributed by atoms with Gasteiger partial charge in [-0.15, -0.1) is 0 Å². The molecule has 0 amide bonds. The summed E-state index contributed by atoms with van der Waals surface area (Å²) in [5.41, 5.74) is 6.47. The highest BCUT2D eigenvalue weighted by Crippen LogP contribution is 2.53. The monoisotopic (exact) mass is 472 g/mol. The number of rotatable bonds is 1. The zero-order chi connectivity index (χ0) is 21.4.